The van der Waals surface area contributed by atoms with Crippen molar-refractivity contribution in [3.05, 3.63) is 30.5 Å². The van der Waals surface area contributed by atoms with Crippen LogP contribution in [0.4, 0.5) is 5.82 Å². The van der Waals surface area contributed by atoms with Crippen molar-refractivity contribution in [3.8, 4) is 0 Å². The molecular formula is C15H17N7O2. The zero-order valence-corrected chi connectivity index (χ0v) is 13.0. The number of nitrogens with one attached hydrogen (secondary N) is 1. The molecule has 0 bridgehead atoms. The average Bonchev–Trinajstić information content (AvgIpc) is 3.24. The van der Waals surface area contributed by atoms with Gasteiger partial charge in [0.1, 0.15) is 23.5 Å². The summed E-state index contributed by atoms with van der Waals surface area (Å²) >= 11 is 0. The Balaban J connectivity index is 1.72. The van der Waals surface area contributed by atoms with Crippen LogP contribution >= 0.6 is 0 Å². The van der Waals surface area contributed by atoms with Crippen LogP contribution in [0.15, 0.2) is 24.8 Å². The van der Waals surface area contributed by atoms with Gasteiger partial charge in [-0.05, 0) is 25.3 Å². The Labute approximate surface area is 137 Å². The standard InChI is InChI=1S/C15H17N7O2/c23-15(24)12-7-11-13(19-12)16-9-17-14(11)22-5-2-1-3-10(22)8-21-6-4-18-20-21/h4,6-7,9-10H,1-3,5,8H2,(H,23,24)(H,16,17,19). The summed E-state index contributed by atoms with van der Waals surface area (Å²) < 4.78 is 1.82. The molecule has 9 nitrogen and oxygen atoms in total. The van der Waals surface area contributed by atoms with Crippen molar-refractivity contribution in [2.24, 2.45) is 0 Å². The molecule has 1 atom stereocenters. The van der Waals surface area contributed by atoms with Crippen molar-refractivity contribution in [2.75, 3.05) is 11.4 Å². The fourth-order valence-electron chi connectivity index (χ4n) is 3.29. The molecule has 0 amide bonds. The molecule has 24 heavy (non-hydrogen) atoms. The lowest BCUT2D eigenvalue weighted by Gasteiger charge is -2.36. The van der Waals surface area contributed by atoms with Gasteiger partial charge in [0.2, 0.25) is 0 Å². The van der Waals surface area contributed by atoms with Gasteiger partial charge in [-0.15, -0.1) is 5.10 Å². The van der Waals surface area contributed by atoms with Crippen LogP contribution in [-0.2, 0) is 6.54 Å². The van der Waals surface area contributed by atoms with Crippen LogP contribution in [0.1, 0.15) is 29.8 Å². The van der Waals surface area contributed by atoms with Crippen molar-refractivity contribution in [1.82, 2.24) is 29.9 Å². The number of piperidine rings is 1. The second-order valence-electron chi connectivity index (χ2n) is 5.92. The first kappa shape index (κ1) is 14.6. The SMILES string of the molecule is O=C(O)c1cc2c(N3CCCCC3Cn3ccnn3)ncnc2[nH]1. The predicted molar refractivity (Wildman–Crippen MR) is 85.9 cm³/mol. The quantitative estimate of drug-likeness (QED) is 0.742. The second kappa shape index (κ2) is 5.91. The van der Waals surface area contributed by atoms with Crippen molar-refractivity contribution in [1.29, 1.82) is 0 Å². The number of hydrogen-bond acceptors (Lipinski definition) is 6. The fourth-order valence-corrected chi connectivity index (χ4v) is 3.29. The van der Waals surface area contributed by atoms with E-state index in [1.165, 1.54) is 6.33 Å². The molecule has 0 radical (unpaired) electrons. The topological polar surface area (TPSA) is 113 Å². The van der Waals surface area contributed by atoms with E-state index in [2.05, 4.69) is 30.2 Å². The first-order chi connectivity index (χ1) is 11.7. The van der Waals surface area contributed by atoms with Gasteiger partial charge in [-0.25, -0.2) is 14.8 Å². The number of fused-ring (bicyclic) bond motifs is 1. The van der Waals surface area contributed by atoms with Gasteiger partial charge in [-0.2, -0.15) is 0 Å². The highest BCUT2D eigenvalue weighted by molar-refractivity contribution is 5.96. The number of H-pyrrole nitrogens is 1. The molecule has 2 N–H and O–H groups in total. The van der Waals surface area contributed by atoms with Crippen molar-refractivity contribution >= 4 is 22.8 Å². The van der Waals surface area contributed by atoms with Gasteiger partial charge in [-0.1, -0.05) is 5.21 Å². The Morgan fingerprint density at radius 3 is 3.08 bits per heavy atom. The molecule has 3 aromatic heterocycles. The Morgan fingerprint density at radius 2 is 2.29 bits per heavy atom. The highest BCUT2D eigenvalue weighted by Crippen LogP contribution is 2.30. The first-order valence-electron chi connectivity index (χ1n) is 7.90. The zero-order chi connectivity index (χ0) is 16.5. The van der Waals surface area contributed by atoms with Gasteiger partial charge in [0.15, 0.2) is 0 Å². The van der Waals surface area contributed by atoms with Crippen LogP contribution in [0, 0.1) is 0 Å². The predicted octanol–water partition coefficient (Wildman–Crippen LogP) is 1.31. The molecule has 4 rings (SSSR count). The number of aromatic nitrogens is 6. The number of nitrogens with zero attached hydrogens (tertiary/aromatic N) is 6. The van der Waals surface area contributed by atoms with Gasteiger partial charge in [0.25, 0.3) is 0 Å². The molecular weight excluding hydrogens is 310 g/mol. The third kappa shape index (κ3) is 2.57. The number of carbonyl (C=O) groups is 1. The van der Waals surface area contributed by atoms with Crippen LogP contribution in [-0.4, -0.2) is 53.6 Å². The minimum Gasteiger partial charge on any atom is -0.477 e. The molecule has 9 heteroatoms. The van der Waals surface area contributed by atoms with Gasteiger partial charge in [-0.3, -0.25) is 4.68 Å². The average molecular weight is 327 g/mol. The van der Waals surface area contributed by atoms with Crippen molar-refractivity contribution in [2.45, 2.75) is 31.8 Å². The van der Waals surface area contributed by atoms with Crippen LogP contribution in [0.2, 0.25) is 0 Å². The summed E-state index contributed by atoms with van der Waals surface area (Å²) in [4.78, 5) is 24.9. The number of rotatable bonds is 4. The minimum atomic E-state index is -1.00. The van der Waals surface area contributed by atoms with Crippen LogP contribution in [0.3, 0.4) is 0 Å². The molecule has 124 valence electrons. The molecule has 1 unspecified atom stereocenters. The summed E-state index contributed by atoms with van der Waals surface area (Å²) in [5, 5.41) is 17.8. The normalized spacial score (nSPS) is 18.2. The number of carboxylic acid groups (broad SMARTS) is 1. The molecule has 0 saturated carbocycles. The van der Waals surface area contributed by atoms with E-state index in [4.69, 9.17) is 0 Å². The second-order valence-corrected chi connectivity index (χ2v) is 5.92. The summed E-state index contributed by atoms with van der Waals surface area (Å²) in [7, 11) is 0. The maximum Gasteiger partial charge on any atom is 0.352 e. The van der Waals surface area contributed by atoms with Crippen molar-refractivity contribution < 1.29 is 9.90 Å². The number of hydrogen-bond donors (Lipinski definition) is 2. The molecule has 0 aromatic carbocycles. The lowest BCUT2D eigenvalue weighted by atomic mass is 10.0. The number of carboxylic acids is 1. The zero-order valence-electron chi connectivity index (χ0n) is 13.0. The highest BCUT2D eigenvalue weighted by Gasteiger charge is 2.26. The Kier molecular flexibility index (Phi) is 3.60. The third-order valence-electron chi connectivity index (χ3n) is 4.40. The molecule has 0 aliphatic carbocycles. The number of anilines is 1. The summed E-state index contributed by atoms with van der Waals surface area (Å²) in [5.74, 6) is -0.231. The summed E-state index contributed by atoms with van der Waals surface area (Å²) in [5.41, 5.74) is 0.666. The molecule has 1 aliphatic heterocycles. The minimum absolute atomic E-state index is 0.122. The summed E-state index contributed by atoms with van der Waals surface area (Å²) in [6, 6.07) is 1.84. The maximum absolute atomic E-state index is 11.2. The monoisotopic (exact) mass is 327 g/mol. The van der Waals surface area contributed by atoms with E-state index in [9.17, 15) is 9.90 Å². The fraction of sp³-hybridized carbons (Fsp3) is 0.400. The number of aromatic amines is 1. The Morgan fingerprint density at radius 1 is 1.38 bits per heavy atom. The molecule has 0 spiro atoms. The highest BCUT2D eigenvalue weighted by atomic mass is 16.4. The lowest BCUT2D eigenvalue weighted by Crippen LogP contribution is -2.43. The third-order valence-corrected chi connectivity index (χ3v) is 4.40. The number of aromatic carboxylic acids is 1. The van der Waals surface area contributed by atoms with Gasteiger partial charge >= 0.3 is 5.97 Å². The van der Waals surface area contributed by atoms with E-state index >= 15 is 0 Å². The molecule has 3 aromatic rings. The van der Waals surface area contributed by atoms with Gasteiger partial charge in [0.05, 0.1) is 24.2 Å². The molecule has 4 heterocycles. The summed E-state index contributed by atoms with van der Waals surface area (Å²) in [6.07, 6.45) is 8.25. The lowest BCUT2D eigenvalue weighted by molar-refractivity contribution is 0.0691. The smallest absolute Gasteiger partial charge is 0.352 e. The van der Waals surface area contributed by atoms with Crippen LogP contribution in [0.25, 0.3) is 11.0 Å². The van der Waals surface area contributed by atoms with Crippen molar-refractivity contribution in [3.63, 3.8) is 0 Å². The molecule has 1 saturated heterocycles. The van der Waals surface area contributed by atoms with Gasteiger partial charge in [0, 0.05) is 12.7 Å². The van der Waals surface area contributed by atoms with Crippen LogP contribution in [0.5, 0.6) is 0 Å². The Hall–Kier alpha value is -2.97. The van der Waals surface area contributed by atoms with Crippen LogP contribution < -0.4 is 4.90 Å². The van der Waals surface area contributed by atoms with Gasteiger partial charge < -0.3 is 15.0 Å². The van der Waals surface area contributed by atoms with E-state index < -0.39 is 5.97 Å². The summed E-state index contributed by atoms with van der Waals surface area (Å²) in [6.45, 7) is 1.60. The Bertz CT molecular complexity index is 858. The first-order valence-corrected chi connectivity index (χ1v) is 7.90. The molecule has 1 fully saturated rings. The molecule has 1 aliphatic rings. The largest absolute Gasteiger partial charge is 0.477 e. The van der Waals surface area contributed by atoms with E-state index in [1.54, 1.807) is 12.3 Å². The van der Waals surface area contributed by atoms with E-state index in [0.29, 0.717) is 5.65 Å². The van der Waals surface area contributed by atoms with E-state index in [-0.39, 0.29) is 11.7 Å². The van der Waals surface area contributed by atoms with E-state index in [0.717, 1.165) is 43.6 Å². The maximum atomic E-state index is 11.2. The van der Waals surface area contributed by atoms with E-state index in [1.807, 2.05) is 10.9 Å².